The van der Waals surface area contributed by atoms with E-state index in [1.165, 1.54) is 13.0 Å². The highest BCUT2D eigenvalue weighted by Crippen LogP contribution is 2.26. The van der Waals surface area contributed by atoms with Crippen molar-refractivity contribution in [1.29, 1.82) is 0 Å². The van der Waals surface area contributed by atoms with Crippen molar-refractivity contribution in [2.45, 2.75) is 26.4 Å². The van der Waals surface area contributed by atoms with E-state index in [9.17, 15) is 13.2 Å². The molecule has 0 heterocycles. The zero-order valence-corrected chi connectivity index (χ0v) is 17.0. The summed E-state index contributed by atoms with van der Waals surface area (Å²) in [4.78, 5) is 12.5. The Balaban J connectivity index is 2.23. The number of nitrogens with one attached hydrogen (secondary N) is 1. The van der Waals surface area contributed by atoms with Gasteiger partial charge in [0.15, 0.2) is 0 Å². The van der Waals surface area contributed by atoms with Crippen LogP contribution in [0.25, 0.3) is 0 Å². The van der Waals surface area contributed by atoms with Crippen LogP contribution in [0.2, 0.25) is 10.0 Å². The average Bonchev–Trinajstić information content (AvgIpc) is 2.56. The van der Waals surface area contributed by atoms with Crippen LogP contribution in [0, 0.1) is 6.92 Å². The van der Waals surface area contributed by atoms with Crippen LogP contribution >= 0.6 is 23.2 Å². The summed E-state index contributed by atoms with van der Waals surface area (Å²) >= 11 is 12.2. The largest absolute Gasteiger partial charge is 0.350 e. The van der Waals surface area contributed by atoms with Gasteiger partial charge in [0.05, 0.1) is 11.9 Å². The number of hydrogen-bond acceptors (Lipinski definition) is 3. The molecule has 5 nitrogen and oxygen atoms in total. The highest BCUT2D eigenvalue weighted by molar-refractivity contribution is 7.92. The van der Waals surface area contributed by atoms with Crippen LogP contribution < -0.4 is 9.62 Å². The number of aryl methyl sites for hydroxylation is 1. The van der Waals surface area contributed by atoms with Crippen LogP contribution in [0.3, 0.4) is 0 Å². The fourth-order valence-corrected chi connectivity index (χ4v) is 4.04. The lowest BCUT2D eigenvalue weighted by molar-refractivity contribution is -0.122. The molecule has 0 aliphatic carbocycles. The lowest BCUT2D eigenvalue weighted by atomic mass is 10.2. The summed E-state index contributed by atoms with van der Waals surface area (Å²) in [7, 11) is -3.70. The molecule has 26 heavy (non-hydrogen) atoms. The number of benzene rings is 2. The van der Waals surface area contributed by atoms with Crippen molar-refractivity contribution < 1.29 is 13.2 Å². The maximum Gasteiger partial charge on any atom is 0.243 e. The van der Waals surface area contributed by atoms with Crippen molar-refractivity contribution in [2.75, 3.05) is 10.6 Å². The van der Waals surface area contributed by atoms with Gasteiger partial charge in [-0.2, -0.15) is 0 Å². The van der Waals surface area contributed by atoms with Crippen LogP contribution in [0.1, 0.15) is 18.1 Å². The molecule has 0 aliphatic rings. The Morgan fingerprint density at radius 3 is 2.38 bits per heavy atom. The normalized spacial score (nSPS) is 12.5. The minimum absolute atomic E-state index is 0.203. The van der Waals surface area contributed by atoms with Crippen LogP contribution in [0.4, 0.5) is 5.69 Å². The van der Waals surface area contributed by atoms with Crippen molar-refractivity contribution >= 4 is 44.8 Å². The van der Waals surface area contributed by atoms with Crippen molar-refractivity contribution in [1.82, 2.24) is 5.32 Å². The number of rotatable bonds is 6. The van der Waals surface area contributed by atoms with Gasteiger partial charge in [-0.25, -0.2) is 8.42 Å². The molecule has 0 fully saturated rings. The molecule has 0 aliphatic heterocycles. The summed E-state index contributed by atoms with van der Waals surface area (Å²) in [5, 5.41) is 3.69. The fraction of sp³-hybridized carbons (Fsp3) is 0.278. The van der Waals surface area contributed by atoms with Gasteiger partial charge in [-0.15, -0.1) is 0 Å². The van der Waals surface area contributed by atoms with Crippen LogP contribution in [-0.2, 0) is 21.4 Å². The molecule has 2 rings (SSSR count). The summed E-state index contributed by atoms with van der Waals surface area (Å²) in [6.45, 7) is 3.54. The molecule has 1 atom stereocenters. The highest BCUT2D eigenvalue weighted by atomic mass is 35.5. The fourth-order valence-electron chi connectivity index (χ4n) is 2.50. The molecule has 2 aromatic rings. The van der Waals surface area contributed by atoms with Crippen LogP contribution in [0.5, 0.6) is 0 Å². The third-order valence-corrected chi connectivity index (χ3v) is 5.93. The van der Waals surface area contributed by atoms with Crippen molar-refractivity contribution in [3.05, 3.63) is 63.6 Å². The molecule has 140 valence electrons. The van der Waals surface area contributed by atoms with Gasteiger partial charge >= 0.3 is 0 Å². The Hall–Kier alpha value is -1.76. The number of carbonyl (C=O) groups is 1. The lowest BCUT2D eigenvalue weighted by Crippen LogP contribution is -2.47. The van der Waals surface area contributed by atoms with Gasteiger partial charge in [0.25, 0.3) is 0 Å². The third-order valence-electron chi connectivity index (χ3n) is 3.91. The van der Waals surface area contributed by atoms with E-state index < -0.39 is 22.0 Å². The van der Waals surface area contributed by atoms with Crippen LogP contribution in [-0.4, -0.2) is 26.6 Å². The van der Waals surface area contributed by atoms with Gasteiger partial charge in [0.2, 0.25) is 15.9 Å². The molecule has 1 amide bonds. The number of sulfonamides is 1. The van der Waals surface area contributed by atoms with E-state index in [0.717, 1.165) is 21.7 Å². The first-order valence-electron chi connectivity index (χ1n) is 7.88. The Morgan fingerprint density at radius 1 is 1.15 bits per heavy atom. The minimum Gasteiger partial charge on any atom is -0.350 e. The first-order chi connectivity index (χ1) is 12.1. The number of amides is 1. The Labute approximate surface area is 164 Å². The van der Waals surface area contributed by atoms with Crippen molar-refractivity contribution in [3.8, 4) is 0 Å². The number of nitrogens with zero attached hydrogens (tertiary/aromatic N) is 1. The summed E-state index contributed by atoms with van der Waals surface area (Å²) in [5.41, 5.74) is 1.90. The molecule has 0 unspecified atom stereocenters. The van der Waals surface area contributed by atoms with Crippen LogP contribution in [0.15, 0.2) is 42.5 Å². The number of halogens is 2. The summed E-state index contributed by atoms with van der Waals surface area (Å²) < 4.78 is 25.6. The Bertz CT molecular complexity index is 916. The summed E-state index contributed by atoms with van der Waals surface area (Å²) in [6, 6.07) is 11.0. The van der Waals surface area contributed by atoms with Gasteiger partial charge in [-0.1, -0.05) is 47.5 Å². The van der Waals surface area contributed by atoms with Gasteiger partial charge in [0.1, 0.15) is 6.04 Å². The van der Waals surface area contributed by atoms with E-state index in [0.29, 0.717) is 15.7 Å². The first kappa shape index (κ1) is 20.6. The topological polar surface area (TPSA) is 66.5 Å². The van der Waals surface area contributed by atoms with Crippen molar-refractivity contribution in [2.24, 2.45) is 0 Å². The SMILES string of the molecule is Cc1ccc(N([C@@H](C)C(=O)NCc2ccccc2Cl)S(C)(=O)=O)cc1Cl. The molecular weight excluding hydrogens is 395 g/mol. The smallest absolute Gasteiger partial charge is 0.243 e. The quantitative estimate of drug-likeness (QED) is 0.781. The van der Waals surface area contributed by atoms with E-state index in [4.69, 9.17) is 23.2 Å². The number of hydrogen-bond donors (Lipinski definition) is 1. The van der Waals surface area contributed by atoms with Gasteiger partial charge in [0, 0.05) is 16.6 Å². The predicted molar refractivity (Wildman–Crippen MR) is 106 cm³/mol. The second-order valence-corrected chi connectivity index (χ2v) is 8.65. The van der Waals surface area contributed by atoms with Gasteiger partial charge in [-0.3, -0.25) is 9.10 Å². The van der Waals surface area contributed by atoms with E-state index in [-0.39, 0.29) is 6.54 Å². The van der Waals surface area contributed by atoms with Gasteiger partial charge < -0.3 is 5.32 Å². The molecule has 1 N–H and O–H groups in total. The zero-order valence-electron chi connectivity index (χ0n) is 14.7. The number of anilines is 1. The second kappa shape index (κ2) is 8.29. The van der Waals surface area contributed by atoms with E-state index in [1.54, 1.807) is 30.3 Å². The minimum atomic E-state index is -3.70. The molecule has 0 spiro atoms. The maximum absolute atomic E-state index is 12.5. The predicted octanol–water partition coefficient (Wildman–Crippen LogP) is 3.77. The summed E-state index contributed by atoms with van der Waals surface area (Å²) in [5.74, 6) is -0.438. The molecule has 0 radical (unpaired) electrons. The molecule has 8 heteroatoms. The molecule has 2 aromatic carbocycles. The third kappa shape index (κ3) is 4.90. The number of carbonyl (C=O) groups excluding carboxylic acids is 1. The standard InChI is InChI=1S/C18H20Cl2N2O3S/c1-12-8-9-15(10-17(12)20)22(26(3,24)25)13(2)18(23)21-11-14-6-4-5-7-16(14)19/h4-10,13H,11H2,1-3H3,(H,21,23)/t13-/m0/s1. The van der Waals surface area contributed by atoms with E-state index in [2.05, 4.69) is 5.32 Å². The molecule has 0 saturated heterocycles. The summed E-state index contributed by atoms with van der Waals surface area (Å²) in [6.07, 6.45) is 1.05. The zero-order chi connectivity index (χ0) is 19.5. The lowest BCUT2D eigenvalue weighted by Gasteiger charge is -2.28. The van der Waals surface area contributed by atoms with E-state index in [1.807, 2.05) is 13.0 Å². The first-order valence-corrected chi connectivity index (χ1v) is 10.5. The maximum atomic E-state index is 12.5. The molecule has 0 bridgehead atoms. The second-order valence-electron chi connectivity index (χ2n) is 5.98. The monoisotopic (exact) mass is 414 g/mol. The molecular formula is C18H20Cl2N2O3S. The molecule has 0 aromatic heterocycles. The molecule has 0 saturated carbocycles. The highest BCUT2D eigenvalue weighted by Gasteiger charge is 2.29. The van der Waals surface area contributed by atoms with E-state index >= 15 is 0 Å². The van der Waals surface area contributed by atoms with Gasteiger partial charge in [-0.05, 0) is 43.2 Å². The Morgan fingerprint density at radius 2 is 1.81 bits per heavy atom. The average molecular weight is 415 g/mol. The van der Waals surface area contributed by atoms with Crippen molar-refractivity contribution in [3.63, 3.8) is 0 Å². The Kier molecular flexibility index (Phi) is 6.55.